The Morgan fingerprint density at radius 3 is 2.81 bits per heavy atom. The number of nitrogens with one attached hydrogen (secondary N) is 2. The van der Waals surface area contributed by atoms with Crippen molar-refractivity contribution in [1.29, 1.82) is 0 Å². The van der Waals surface area contributed by atoms with E-state index in [1.807, 2.05) is 19.1 Å². The van der Waals surface area contributed by atoms with Crippen molar-refractivity contribution >= 4 is 5.91 Å². The molecule has 16 heavy (non-hydrogen) atoms. The van der Waals surface area contributed by atoms with Crippen LogP contribution in [-0.2, 0) is 4.79 Å². The molecule has 1 aromatic heterocycles. The first kappa shape index (κ1) is 11.1. The van der Waals surface area contributed by atoms with Gasteiger partial charge < -0.3 is 10.6 Å². The summed E-state index contributed by atoms with van der Waals surface area (Å²) in [5, 5.41) is 6.14. The topological polar surface area (TPSA) is 54.0 Å². The highest BCUT2D eigenvalue weighted by molar-refractivity contribution is 5.78. The molecule has 0 radical (unpaired) electrons. The van der Waals surface area contributed by atoms with E-state index in [0.29, 0.717) is 12.6 Å². The van der Waals surface area contributed by atoms with E-state index in [9.17, 15) is 4.79 Å². The van der Waals surface area contributed by atoms with Gasteiger partial charge in [-0.2, -0.15) is 0 Å². The Bertz CT molecular complexity index is 349. The van der Waals surface area contributed by atoms with Gasteiger partial charge in [0.1, 0.15) is 0 Å². The number of carbonyl (C=O) groups excluding carboxylic acids is 1. The zero-order valence-corrected chi connectivity index (χ0v) is 9.44. The summed E-state index contributed by atoms with van der Waals surface area (Å²) in [6.07, 6.45) is 5.88. The van der Waals surface area contributed by atoms with Crippen molar-refractivity contribution in [2.24, 2.45) is 0 Å². The van der Waals surface area contributed by atoms with Crippen molar-refractivity contribution in [3.63, 3.8) is 0 Å². The van der Waals surface area contributed by atoms with Crippen molar-refractivity contribution in [3.05, 3.63) is 30.1 Å². The zero-order valence-electron chi connectivity index (χ0n) is 9.44. The molecule has 4 nitrogen and oxygen atoms in total. The highest BCUT2D eigenvalue weighted by Gasteiger charge is 2.21. The summed E-state index contributed by atoms with van der Waals surface area (Å²) in [6, 6.07) is 4.44. The summed E-state index contributed by atoms with van der Waals surface area (Å²) < 4.78 is 0. The van der Waals surface area contributed by atoms with Gasteiger partial charge in [0.05, 0.1) is 12.6 Å². The molecule has 0 saturated heterocycles. The summed E-state index contributed by atoms with van der Waals surface area (Å²) in [5.74, 6) is 0.0520. The number of rotatable bonds is 5. The average molecular weight is 219 g/mol. The Morgan fingerprint density at radius 1 is 1.50 bits per heavy atom. The maximum absolute atomic E-state index is 11.6. The third-order valence-electron chi connectivity index (χ3n) is 2.71. The summed E-state index contributed by atoms with van der Waals surface area (Å²) in [4.78, 5) is 15.5. The lowest BCUT2D eigenvalue weighted by atomic mass is 10.1. The molecule has 0 spiro atoms. The van der Waals surface area contributed by atoms with Crippen molar-refractivity contribution in [3.8, 4) is 0 Å². The van der Waals surface area contributed by atoms with E-state index in [2.05, 4.69) is 15.6 Å². The van der Waals surface area contributed by atoms with E-state index in [1.54, 1.807) is 12.4 Å². The van der Waals surface area contributed by atoms with Gasteiger partial charge in [-0.15, -0.1) is 0 Å². The first-order valence-electron chi connectivity index (χ1n) is 5.68. The maximum atomic E-state index is 11.6. The van der Waals surface area contributed by atoms with Crippen LogP contribution in [0, 0.1) is 0 Å². The van der Waals surface area contributed by atoms with Crippen LogP contribution in [-0.4, -0.2) is 23.5 Å². The molecular formula is C12H17N3O. The largest absolute Gasteiger partial charge is 0.348 e. The predicted octanol–water partition coefficient (Wildman–Crippen LogP) is 1.01. The SMILES string of the molecule is CC(NC(=O)CNC1CC1)c1ccncc1. The normalized spacial score (nSPS) is 16.8. The predicted molar refractivity (Wildman–Crippen MR) is 61.8 cm³/mol. The Hall–Kier alpha value is -1.42. The molecule has 1 saturated carbocycles. The highest BCUT2D eigenvalue weighted by atomic mass is 16.1. The smallest absolute Gasteiger partial charge is 0.234 e. The number of aromatic nitrogens is 1. The first-order valence-corrected chi connectivity index (χ1v) is 5.68. The lowest BCUT2D eigenvalue weighted by Crippen LogP contribution is -2.36. The number of pyridine rings is 1. The number of amides is 1. The molecule has 0 aliphatic heterocycles. The fourth-order valence-electron chi connectivity index (χ4n) is 1.55. The monoisotopic (exact) mass is 219 g/mol. The molecule has 1 heterocycles. The molecule has 1 atom stereocenters. The third kappa shape index (κ3) is 3.31. The van der Waals surface area contributed by atoms with Crippen LogP contribution in [0.5, 0.6) is 0 Å². The van der Waals surface area contributed by atoms with Gasteiger partial charge >= 0.3 is 0 Å². The second-order valence-electron chi connectivity index (χ2n) is 4.22. The van der Waals surface area contributed by atoms with Gasteiger partial charge in [0, 0.05) is 18.4 Å². The average Bonchev–Trinajstić information content (AvgIpc) is 3.11. The van der Waals surface area contributed by atoms with E-state index in [4.69, 9.17) is 0 Å². The van der Waals surface area contributed by atoms with Crippen molar-refractivity contribution in [1.82, 2.24) is 15.6 Å². The number of nitrogens with zero attached hydrogens (tertiary/aromatic N) is 1. The second-order valence-corrected chi connectivity index (χ2v) is 4.22. The number of hydrogen-bond donors (Lipinski definition) is 2. The summed E-state index contributed by atoms with van der Waals surface area (Å²) >= 11 is 0. The van der Waals surface area contributed by atoms with Gasteiger partial charge in [-0.25, -0.2) is 0 Å². The zero-order chi connectivity index (χ0) is 11.4. The lowest BCUT2D eigenvalue weighted by molar-refractivity contribution is -0.120. The molecular weight excluding hydrogens is 202 g/mol. The molecule has 1 fully saturated rings. The Balaban J connectivity index is 1.77. The van der Waals surface area contributed by atoms with Crippen LogP contribution < -0.4 is 10.6 Å². The van der Waals surface area contributed by atoms with E-state index < -0.39 is 0 Å². The molecule has 1 aliphatic rings. The van der Waals surface area contributed by atoms with Crippen LogP contribution >= 0.6 is 0 Å². The molecule has 2 rings (SSSR count). The van der Waals surface area contributed by atoms with E-state index in [1.165, 1.54) is 12.8 Å². The van der Waals surface area contributed by atoms with Crippen LogP contribution in [0.2, 0.25) is 0 Å². The van der Waals surface area contributed by atoms with Crippen LogP contribution in [0.15, 0.2) is 24.5 Å². The molecule has 1 aromatic rings. The van der Waals surface area contributed by atoms with E-state index in [-0.39, 0.29) is 11.9 Å². The van der Waals surface area contributed by atoms with Crippen LogP contribution in [0.4, 0.5) is 0 Å². The Kier molecular flexibility index (Phi) is 3.51. The molecule has 0 bridgehead atoms. The quantitative estimate of drug-likeness (QED) is 0.777. The second kappa shape index (κ2) is 5.07. The fourth-order valence-corrected chi connectivity index (χ4v) is 1.55. The number of carbonyl (C=O) groups is 1. The minimum Gasteiger partial charge on any atom is -0.348 e. The van der Waals surface area contributed by atoms with Gasteiger partial charge in [-0.05, 0) is 37.5 Å². The number of hydrogen-bond acceptors (Lipinski definition) is 3. The van der Waals surface area contributed by atoms with Crippen molar-refractivity contribution in [2.45, 2.75) is 31.8 Å². The van der Waals surface area contributed by atoms with E-state index in [0.717, 1.165) is 5.56 Å². The third-order valence-corrected chi connectivity index (χ3v) is 2.71. The van der Waals surface area contributed by atoms with Crippen LogP contribution in [0.25, 0.3) is 0 Å². The van der Waals surface area contributed by atoms with Gasteiger partial charge in [-0.3, -0.25) is 9.78 Å². The summed E-state index contributed by atoms with van der Waals surface area (Å²) in [5.41, 5.74) is 1.08. The van der Waals surface area contributed by atoms with Gasteiger partial charge in [0.25, 0.3) is 0 Å². The minimum absolute atomic E-state index is 0.0384. The van der Waals surface area contributed by atoms with Gasteiger partial charge in [-0.1, -0.05) is 0 Å². The molecule has 1 aliphatic carbocycles. The van der Waals surface area contributed by atoms with E-state index >= 15 is 0 Å². The standard InChI is InChI=1S/C12H17N3O/c1-9(10-4-6-13-7-5-10)15-12(16)8-14-11-2-3-11/h4-7,9,11,14H,2-3,8H2,1H3,(H,15,16). The molecule has 86 valence electrons. The van der Waals surface area contributed by atoms with Gasteiger partial charge in [0.2, 0.25) is 5.91 Å². The van der Waals surface area contributed by atoms with Crippen LogP contribution in [0.1, 0.15) is 31.4 Å². The molecule has 0 aromatic carbocycles. The minimum atomic E-state index is 0.0384. The molecule has 4 heteroatoms. The molecule has 1 amide bonds. The Labute approximate surface area is 95.5 Å². The van der Waals surface area contributed by atoms with Crippen LogP contribution in [0.3, 0.4) is 0 Å². The lowest BCUT2D eigenvalue weighted by Gasteiger charge is -2.14. The maximum Gasteiger partial charge on any atom is 0.234 e. The van der Waals surface area contributed by atoms with Crippen molar-refractivity contribution < 1.29 is 4.79 Å². The fraction of sp³-hybridized carbons (Fsp3) is 0.500. The Morgan fingerprint density at radius 2 is 2.19 bits per heavy atom. The van der Waals surface area contributed by atoms with Crippen molar-refractivity contribution in [2.75, 3.05) is 6.54 Å². The highest BCUT2D eigenvalue weighted by Crippen LogP contribution is 2.18. The summed E-state index contributed by atoms with van der Waals surface area (Å²) in [7, 11) is 0. The van der Waals surface area contributed by atoms with Gasteiger partial charge in [0.15, 0.2) is 0 Å². The summed E-state index contributed by atoms with van der Waals surface area (Å²) in [6.45, 7) is 2.39. The molecule has 1 unspecified atom stereocenters. The first-order chi connectivity index (χ1) is 7.75. The molecule has 2 N–H and O–H groups in total.